The van der Waals surface area contributed by atoms with Gasteiger partial charge in [0.2, 0.25) is 5.91 Å². The Bertz CT molecular complexity index is 774. The molecule has 0 bridgehead atoms. The zero-order valence-electron chi connectivity index (χ0n) is 14.7. The van der Waals surface area contributed by atoms with Crippen molar-refractivity contribution in [2.75, 3.05) is 26.2 Å². The maximum atomic E-state index is 11.0. The Hall–Kier alpha value is -2.53. The van der Waals surface area contributed by atoms with Crippen molar-refractivity contribution in [1.29, 1.82) is 0 Å². The molecule has 132 valence electrons. The summed E-state index contributed by atoms with van der Waals surface area (Å²) in [6.07, 6.45) is 0. The van der Waals surface area contributed by atoms with Gasteiger partial charge < -0.3 is 15.2 Å². The molecule has 0 saturated heterocycles. The van der Waals surface area contributed by atoms with E-state index >= 15 is 0 Å². The average molecular weight is 340 g/mol. The Morgan fingerprint density at radius 3 is 2.88 bits per heavy atom. The van der Waals surface area contributed by atoms with Crippen molar-refractivity contribution in [1.82, 2.24) is 10.2 Å². The van der Waals surface area contributed by atoms with Crippen molar-refractivity contribution < 1.29 is 14.6 Å². The molecule has 0 unspecified atom stereocenters. The number of benzene rings is 2. The Morgan fingerprint density at radius 2 is 2.12 bits per heavy atom. The third-order valence-corrected chi connectivity index (χ3v) is 4.45. The van der Waals surface area contributed by atoms with Gasteiger partial charge in [-0.2, -0.15) is 0 Å². The van der Waals surface area contributed by atoms with Crippen LogP contribution >= 0.6 is 0 Å². The van der Waals surface area contributed by atoms with Crippen molar-refractivity contribution in [3.8, 4) is 22.6 Å². The standard InChI is InChI=1S/C20H24N2O3/c1-14-5-3-4-6-18(14)16-11-17-13-22(8-7-21-15(2)23)9-10-25-20(17)19(24)12-16/h3-6,11-12,24H,7-10,13H2,1-2H3,(H,21,23). The van der Waals surface area contributed by atoms with Gasteiger partial charge in [0.25, 0.3) is 0 Å². The van der Waals surface area contributed by atoms with E-state index in [1.165, 1.54) is 12.5 Å². The second kappa shape index (κ2) is 7.57. The molecule has 1 heterocycles. The average Bonchev–Trinajstić information content (AvgIpc) is 2.77. The highest BCUT2D eigenvalue weighted by molar-refractivity contribution is 5.73. The number of amides is 1. The van der Waals surface area contributed by atoms with Gasteiger partial charge in [-0.05, 0) is 35.7 Å². The highest BCUT2D eigenvalue weighted by Gasteiger charge is 2.20. The van der Waals surface area contributed by atoms with E-state index in [-0.39, 0.29) is 11.7 Å². The molecule has 3 rings (SSSR count). The molecule has 0 spiro atoms. The summed E-state index contributed by atoms with van der Waals surface area (Å²) in [5.41, 5.74) is 4.23. The minimum absolute atomic E-state index is 0.0223. The van der Waals surface area contributed by atoms with E-state index in [4.69, 9.17) is 4.74 Å². The smallest absolute Gasteiger partial charge is 0.216 e. The number of phenolic OH excluding ortho intramolecular Hbond substituents is 1. The fourth-order valence-electron chi connectivity index (χ4n) is 3.19. The Labute approximate surface area is 148 Å². The molecule has 2 aromatic rings. The van der Waals surface area contributed by atoms with E-state index in [1.807, 2.05) is 12.1 Å². The summed E-state index contributed by atoms with van der Waals surface area (Å²) in [6, 6.07) is 12.0. The molecule has 2 aromatic carbocycles. The van der Waals surface area contributed by atoms with Gasteiger partial charge in [-0.3, -0.25) is 9.69 Å². The molecule has 0 aliphatic carbocycles. The van der Waals surface area contributed by atoms with Crippen LogP contribution in [0.15, 0.2) is 36.4 Å². The minimum atomic E-state index is -0.0223. The van der Waals surface area contributed by atoms with Gasteiger partial charge in [-0.25, -0.2) is 0 Å². The van der Waals surface area contributed by atoms with Crippen LogP contribution in [0.2, 0.25) is 0 Å². The van der Waals surface area contributed by atoms with Crippen LogP contribution in [-0.4, -0.2) is 42.2 Å². The van der Waals surface area contributed by atoms with Crippen LogP contribution in [0.5, 0.6) is 11.5 Å². The molecule has 2 N–H and O–H groups in total. The fraction of sp³-hybridized carbons (Fsp3) is 0.350. The van der Waals surface area contributed by atoms with Crippen LogP contribution in [-0.2, 0) is 11.3 Å². The lowest BCUT2D eigenvalue weighted by Crippen LogP contribution is -2.34. The topological polar surface area (TPSA) is 61.8 Å². The first kappa shape index (κ1) is 17.3. The molecule has 5 heteroatoms. The monoisotopic (exact) mass is 340 g/mol. The largest absolute Gasteiger partial charge is 0.504 e. The molecular weight excluding hydrogens is 316 g/mol. The van der Waals surface area contributed by atoms with E-state index < -0.39 is 0 Å². The van der Waals surface area contributed by atoms with Crippen molar-refractivity contribution >= 4 is 5.91 Å². The van der Waals surface area contributed by atoms with Crippen LogP contribution in [0, 0.1) is 6.92 Å². The number of hydrogen-bond donors (Lipinski definition) is 2. The normalized spacial score (nSPS) is 14.3. The number of hydrogen-bond acceptors (Lipinski definition) is 4. The molecule has 0 aromatic heterocycles. The summed E-state index contributed by atoms with van der Waals surface area (Å²) in [4.78, 5) is 13.3. The summed E-state index contributed by atoms with van der Waals surface area (Å²) in [5.74, 6) is 0.727. The lowest BCUT2D eigenvalue weighted by Gasteiger charge is -2.19. The molecule has 0 radical (unpaired) electrons. The van der Waals surface area contributed by atoms with Gasteiger partial charge in [0.1, 0.15) is 6.61 Å². The SMILES string of the molecule is CC(=O)NCCN1CCOc2c(O)cc(-c3ccccc3C)cc2C1. The fourth-order valence-corrected chi connectivity index (χ4v) is 3.19. The van der Waals surface area contributed by atoms with E-state index in [2.05, 4.69) is 35.3 Å². The van der Waals surface area contributed by atoms with E-state index in [0.29, 0.717) is 25.4 Å². The second-order valence-electron chi connectivity index (χ2n) is 6.41. The number of aryl methyl sites for hydroxylation is 1. The number of nitrogens with one attached hydrogen (secondary N) is 1. The van der Waals surface area contributed by atoms with Crippen LogP contribution in [0.25, 0.3) is 11.1 Å². The first-order valence-electron chi connectivity index (χ1n) is 8.56. The molecule has 25 heavy (non-hydrogen) atoms. The van der Waals surface area contributed by atoms with Gasteiger partial charge in [-0.15, -0.1) is 0 Å². The minimum Gasteiger partial charge on any atom is -0.504 e. The van der Waals surface area contributed by atoms with Crippen molar-refractivity contribution in [2.45, 2.75) is 20.4 Å². The number of rotatable bonds is 4. The third kappa shape index (κ3) is 4.12. The molecule has 5 nitrogen and oxygen atoms in total. The van der Waals surface area contributed by atoms with E-state index in [1.54, 1.807) is 6.07 Å². The van der Waals surface area contributed by atoms with Gasteiger partial charge in [-0.1, -0.05) is 24.3 Å². The predicted octanol–water partition coefficient (Wildman–Crippen LogP) is 2.70. The molecule has 1 aliphatic rings. The van der Waals surface area contributed by atoms with Gasteiger partial charge in [0.15, 0.2) is 11.5 Å². The summed E-state index contributed by atoms with van der Waals surface area (Å²) >= 11 is 0. The molecule has 0 fully saturated rings. The highest BCUT2D eigenvalue weighted by atomic mass is 16.5. The van der Waals surface area contributed by atoms with Crippen LogP contribution in [0.1, 0.15) is 18.1 Å². The van der Waals surface area contributed by atoms with Crippen molar-refractivity contribution in [2.24, 2.45) is 0 Å². The van der Waals surface area contributed by atoms with Crippen LogP contribution in [0.3, 0.4) is 0 Å². The van der Waals surface area contributed by atoms with Crippen LogP contribution in [0.4, 0.5) is 0 Å². The van der Waals surface area contributed by atoms with Crippen LogP contribution < -0.4 is 10.1 Å². The summed E-state index contributed by atoms with van der Waals surface area (Å²) in [6.45, 7) is 6.90. The molecule has 1 amide bonds. The van der Waals surface area contributed by atoms with E-state index in [0.717, 1.165) is 29.8 Å². The number of aromatic hydroxyl groups is 1. The number of nitrogens with zero attached hydrogens (tertiary/aromatic N) is 1. The lowest BCUT2D eigenvalue weighted by atomic mass is 9.98. The summed E-state index contributed by atoms with van der Waals surface area (Å²) in [5, 5.41) is 13.3. The number of fused-ring (bicyclic) bond motifs is 1. The maximum absolute atomic E-state index is 11.0. The van der Waals surface area contributed by atoms with Gasteiger partial charge in [0, 0.05) is 38.7 Å². The molecule has 1 aliphatic heterocycles. The predicted molar refractivity (Wildman–Crippen MR) is 97.7 cm³/mol. The van der Waals surface area contributed by atoms with Crippen molar-refractivity contribution in [3.63, 3.8) is 0 Å². The molecule has 0 atom stereocenters. The third-order valence-electron chi connectivity index (χ3n) is 4.45. The summed E-state index contributed by atoms with van der Waals surface area (Å²) in [7, 11) is 0. The van der Waals surface area contributed by atoms with Crippen molar-refractivity contribution in [3.05, 3.63) is 47.5 Å². The van der Waals surface area contributed by atoms with Gasteiger partial charge >= 0.3 is 0 Å². The number of phenols is 1. The Balaban J connectivity index is 1.86. The Kier molecular flexibility index (Phi) is 5.24. The zero-order valence-corrected chi connectivity index (χ0v) is 14.7. The zero-order chi connectivity index (χ0) is 17.8. The summed E-state index contributed by atoms with van der Waals surface area (Å²) < 4.78 is 5.78. The lowest BCUT2D eigenvalue weighted by molar-refractivity contribution is -0.119. The number of ether oxygens (including phenoxy) is 1. The molecular formula is C20H24N2O3. The van der Waals surface area contributed by atoms with Gasteiger partial charge in [0.05, 0.1) is 0 Å². The second-order valence-corrected chi connectivity index (χ2v) is 6.41. The highest BCUT2D eigenvalue weighted by Crippen LogP contribution is 2.38. The first-order valence-corrected chi connectivity index (χ1v) is 8.56. The number of carbonyl (C=O) groups is 1. The Morgan fingerprint density at radius 1 is 1.32 bits per heavy atom. The first-order chi connectivity index (χ1) is 12.0. The van der Waals surface area contributed by atoms with E-state index in [9.17, 15) is 9.90 Å². The number of carbonyl (C=O) groups excluding carboxylic acids is 1. The molecule has 0 saturated carbocycles. The maximum Gasteiger partial charge on any atom is 0.216 e. The quantitative estimate of drug-likeness (QED) is 0.898.